The lowest BCUT2D eigenvalue weighted by Crippen LogP contribution is -2.45. The zero-order chi connectivity index (χ0) is 13.8. The second kappa shape index (κ2) is 6.73. The molecule has 2 nitrogen and oxygen atoms in total. The maximum Gasteiger partial charge on any atom is 0.0111 e. The molecule has 3 atom stereocenters. The number of piperidine rings is 1. The third-order valence-corrected chi connectivity index (χ3v) is 5.20. The number of hydrogen-bond acceptors (Lipinski definition) is 2. The van der Waals surface area contributed by atoms with Crippen molar-refractivity contribution in [2.45, 2.75) is 57.0 Å². The van der Waals surface area contributed by atoms with Crippen LogP contribution in [0.15, 0.2) is 30.3 Å². The Hall–Kier alpha value is -0.860. The highest BCUT2D eigenvalue weighted by Crippen LogP contribution is 2.27. The van der Waals surface area contributed by atoms with Crippen LogP contribution in [0.4, 0.5) is 0 Å². The van der Waals surface area contributed by atoms with Gasteiger partial charge in [0.2, 0.25) is 0 Å². The molecule has 3 rings (SSSR count). The highest BCUT2D eigenvalue weighted by atomic mass is 15.2. The fourth-order valence-corrected chi connectivity index (χ4v) is 3.86. The number of hydrogen-bond donors (Lipinski definition) is 1. The van der Waals surface area contributed by atoms with Crippen molar-refractivity contribution in [1.29, 1.82) is 0 Å². The number of rotatable bonds is 5. The highest BCUT2D eigenvalue weighted by molar-refractivity contribution is 5.18. The van der Waals surface area contributed by atoms with Crippen LogP contribution in [-0.2, 0) is 0 Å². The van der Waals surface area contributed by atoms with Gasteiger partial charge in [0.15, 0.2) is 0 Å². The molecule has 2 saturated heterocycles. The van der Waals surface area contributed by atoms with E-state index in [1.165, 1.54) is 50.8 Å². The van der Waals surface area contributed by atoms with Crippen LogP contribution in [0.25, 0.3) is 0 Å². The minimum absolute atomic E-state index is 0.662. The molecule has 0 aromatic heterocycles. The second-order valence-electron chi connectivity index (χ2n) is 6.61. The van der Waals surface area contributed by atoms with Gasteiger partial charge in [-0.15, -0.1) is 0 Å². The predicted octanol–water partition coefficient (Wildman–Crippen LogP) is 3.40. The topological polar surface area (TPSA) is 15.3 Å². The van der Waals surface area contributed by atoms with Gasteiger partial charge in [0, 0.05) is 12.1 Å². The molecule has 2 fully saturated rings. The first-order valence-electron chi connectivity index (χ1n) is 8.35. The number of fused-ring (bicyclic) bond motifs is 1. The summed E-state index contributed by atoms with van der Waals surface area (Å²) < 4.78 is 0. The molecule has 3 unspecified atom stereocenters. The number of benzene rings is 1. The van der Waals surface area contributed by atoms with Crippen molar-refractivity contribution >= 4 is 0 Å². The average Bonchev–Trinajstić information content (AvgIpc) is 2.95. The summed E-state index contributed by atoms with van der Waals surface area (Å²) in [7, 11) is 0. The Morgan fingerprint density at radius 1 is 1.20 bits per heavy atom. The van der Waals surface area contributed by atoms with Crippen molar-refractivity contribution in [1.82, 2.24) is 10.2 Å². The Morgan fingerprint density at radius 3 is 2.90 bits per heavy atom. The predicted molar refractivity (Wildman–Crippen MR) is 85.1 cm³/mol. The molecule has 2 heteroatoms. The quantitative estimate of drug-likeness (QED) is 0.884. The fraction of sp³-hybridized carbons (Fsp3) is 0.667. The summed E-state index contributed by atoms with van der Waals surface area (Å²) in [5.74, 6) is 0.662. The minimum atomic E-state index is 0.662. The molecular formula is C18H28N2. The van der Waals surface area contributed by atoms with Gasteiger partial charge in [-0.05, 0) is 63.2 Å². The van der Waals surface area contributed by atoms with E-state index in [0.29, 0.717) is 5.92 Å². The van der Waals surface area contributed by atoms with E-state index in [1.807, 2.05) is 0 Å². The summed E-state index contributed by atoms with van der Waals surface area (Å²) in [4.78, 5) is 2.70. The maximum absolute atomic E-state index is 3.81. The van der Waals surface area contributed by atoms with Gasteiger partial charge in [-0.3, -0.25) is 0 Å². The molecule has 2 heterocycles. The van der Waals surface area contributed by atoms with Crippen LogP contribution in [0.1, 0.15) is 50.5 Å². The molecule has 110 valence electrons. The molecule has 0 radical (unpaired) electrons. The summed E-state index contributed by atoms with van der Waals surface area (Å²) in [6, 6.07) is 12.5. The monoisotopic (exact) mass is 272 g/mol. The Balaban J connectivity index is 1.39. The van der Waals surface area contributed by atoms with Gasteiger partial charge < -0.3 is 10.2 Å². The fourth-order valence-electron chi connectivity index (χ4n) is 3.86. The molecule has 2 aliphatic heterocycles. The summed E-state index contributed by atoms with van der Waals surface area (Å²) in [5.41, 5.74) is 1.47. The zero-order valence-corrected chi connectivity index (χ0v) is 12.7. The third-order valence-electron chi connectivity index (χ3n) is 5.20. The van der Waals surface area contributed by atoms with Crippen molar-refractivity contribution in [3.8, 4) is 0 Å². The Labute approximate surface area is 123 Å². The molecule has 1 aromatic carbocycles. The Morgan fingerprint density at radius 2 is 2.05 bits per heavy atom. The third kappa shape index (κ3) is 3.42. The van der Waals surface area contributed by atoms with Crippen LogP contribution < -0.4 is 5.32 Å². The summed E-state index contributed by atoms with van der Waals surface area (Å²) in [6.45, 7) is 6.17. The summed E-state index contributed by atoms with van der Waals surface area (Å²) in [6.07, 6.45) is 6.81. The standard InChI is InChI=1S/C18H28N2/c1-15(16-6-3-2-4-7-16)9-11-19-17-10-13-20-12-5-8-18(20)14-17/h2-4,6-7,15,17-19H,5,8-14H2,1H3. The van der Waals surface area contributed by atoms with Gasteiger partial charge >= 0.3 is 0 Å². The van der Waals surface area contributed by atoms with Crippen molar-refractivity contribution in [3.63, 3.8) is 0 Å². The molecule has 0 amide bonds. The average molecular weight is 272 g/mol. The normalized spacial score (nSPS) is 28.2. The van der Waals surface area contributed by atoms with Crippen LogP contribution >= 0.6 is 0 Å². The lowest BCUT2D eigenvalue weighted by atomic mass is 9.95. The van der Waals surface area contributed by atoms with E-state index >= 15 is 0 Å². The van der Waals surface area contributed by atoms with E-state index < -0.39 is 0 Å². The molecule has 0 bridgehead atoms. The maximum atomic E-state index is 3.81. The SMILES string of the molecule is CC(CCNC1CCN2CCCC2C1)c1ccccc1. The summed E-state index contributed by atoms with van der Waals surface area (Å²) in [5, 5.41) is 3.81. The van der Waals surface area contributed by atoms with Crippen molar-refractivity contribution in [2.75, 3.05) is 19.6 Å². The van der Waals surface area contributed by atoms with Gasteiger partial charge in [0.25, 0.3) is 0 Å². The lowest BCUT2D eigenvalue weighted by Gasteiger charge is -2.35. The van der Waals surface area contributed by atoms with Crippen molar-refractivity contribution in [2.24, 2.45) is 0 Å². The molecule has 1 aromatic rings. The van der Waals surface area contributed by atoms with Gasteiger partial charge in [-0.2, -0.15) is 0 Å². The first-order valence-corrected chi connectivity index (χ1v) is 8.35. The van der Waals surface area contributed by atoms with Crippen molar-refractivity contribution in [3.05, 3.63) is 35.9 Å². The van der Waals surface area contributed by atoms with E-state index in [2.05, 4.69) is 47.5 Å². The van der Waals surface area contributed by atoms with E-state index in [-0.39, 0.29) is 0 Å². The second-order valence-corrected chi connectivity index (χ2v) is 6.61. The first kappa shape index (κ1) is 14.1. The molecule has 0 saturated carbocycles. The molecule has 20 heavy (non-hydrogen) atoms. The van der Waals surface area contributed by atoms with Crippen molar-refractivity contribution < 1.29 is 0 Å². The highest BCUT2D eigenvalue weighted by Gasteiger charge is 2.31. The van der Waals surface area contributed by atoms with E-state index in [4.69, 9.17) is 0 Å². The van der Waals surface area contributed by atoms with E-state index in [0.717, 1.165) is 18.6 Å². The Bertz CT molecular complexity index is 403. The molecule has 1 N–H and O–H groups in total. The van der Waals surface area contributed by atoms with Gasteiger partial charge in [0.05, 0.1) is 0 Å². The lowest BCUT2D eigenvalue weighted by molar-refractivity contribution is 0.167. The van der Waals surface area contributed by atoms with Gasteiger partial charge in [0.1, 0.15) is 0 Å². The van der Waals surface area contributed by atoms with Crippen LogP contribution in [-0.4, -0.2) is 36.6 Å². The number of nitrogens with zero attached hydrogens (tertiary/aromatic N) is 1. The van der Waals surface area contributed by atoms with Crippen LogP contribution in [0, 0.1) is 0 Å². The van der Waals surface area contributed by atoms with Gasteiger partial charge in [-0.1, -0.05) is 37.3 Å². The molecule has 0 aliphatic carbocycles. The van der Waals surface area contributed by atoms with Crippen LogP contribution in [0.3, 0.4) is 0 Å². The Kier molecular flexibility index (Phi) is 4.74. The molecule has 0 spiro atoms. The van der Waals surface area contributed by atoms with Gasteiger partial charge in [-0.25, -0.2) is 0 Å². The van der Waals surface area contributed by atoms with Crippen LogP contribution in [0.5, 0.6) is 0 Å². The van der Waals surface area contributed by atoms with E-state index in [9.17, 15) is 0 Å². The minimum Gasteiger partial charge on any atom is -0.314 e. The first-order chi connectivity index (χ1) is 9.83. The largest absolute Gasteiger partial charge is 0.314 e. The summed E-state index contributed by atoms with van der Waals surface area (Å²) >= 11 is 0. The number of nitrogens with one attached hydrogen (secondary N) is 1. The molecular weight excluding hydrogens is 244 g/mol. The smallest absolute Gasteiger partial charge is 0.0111 e. The van der Waals surface area contributed by atoms with E-state index in [1.54, 1.807) is 0 Å². The molecule has 2 aliphatic rings. The van der Waals surface area contributed by atoms with Crippen LogP contribution in [0.2, 0.25) is 0 Å². The zero-order valence-electron chi connectivity index (χ0n) is 12.7.